The highest BCUT2D eigenvalue weighted by Crippen LogP contribution is 2.39. The fourth-order valence-corrected chi connectivity index (χ4v) is 16.3. The third-order valence-corrected chi connectivity index (χ3v) is 23.2. The number of hydrogen-bond donors (Lipinski definition) is 0. The third kappa shape index (κ3) is 17.6. The van der Waals surface area contributed by atoms with E-state index in [1.54, 1.807) is 62.4 Å². The van der Waals surface area contributed by atoms with Gasteiger partial charge in [-0.1, -0.05) is 238 Å². The van der Waals surface area contributed by atoms with Crippen LogP contribution in [0, 0.1) is 13.8 Å². The maximum absolute atomic E-state index is 12.4. The van der Waals surface area contributed by atoms with Crippen molar-refractivity contribution in [3.05, 3.63) is 300 Å². The molecule has 30 heteroatoms. The Balaban J connectivity index is 0.000000118. The molecule has 0 unspecified atom stereocenters. The molecule has 114 heavy (non-hydrogen) atoms. The smallest absolute Gasteiger partial charge is 0.358 e. The van der Waals surface area contributed by atoms with E-state index >= 15 is 0 Å². The summed E-state index contributed by atoms with van der Waals surface area (Å²) < 4.78 is 171. The van der Waals surface area contributed by atoms with Crippen LogP contribution in [0.2, 0.25) is 0 Å². The molecular formula is C84H69N5O20S5. The molecule has 0 radical (unpaired) electrons. The molecule has 0 saturated heterocycles. The van der Waals surface area contributed by atoms with Gasteiger partial charge in [0, 0.05) is 0 Å². The van der Waals surface area contributed by atoms with E-state index in [2.05, 4.69) is 30.1 Å². The molecule has 0 spiro atoms. The SMILES string of the molecule is CCCS(=O)(=O)O/N=C1\COc2ccc3ccccc3c21.CS(=O)(=O)O/N=C1\COc2ccc3ccccc3c21.Cc1ccc(S(=O)(=O)O/N=C2\COc3ccc4ccccc4c32)cc1.Cc1ccccc1S(=O)(=O)O/N=C1\COc2ccc3ccccc3c21.O=S(=O)(O/N=C1\COc2ccc3ccccc3c21)c1ccccc1. The molecule has 5 aliphatic heterocycles. The standard InChI is InChI=1S/2C19H15NO4S.C18H13NO4S.C15H15NO4S.C13H11NO4S/c1-13-6-2-5-9-18(13)25(21,22)24-20-16-12-23-17-11-10-14-7-3-4-8-15(14)19(16)17;1-13-6-9-15(10-7-13)25(21,22)24-20-17-12-23-18-11-8-14-4-2-3-5-16(14)19(17)18;20-24(21,14-7-2-1-3-8-14)23-19-16-12-22-17-11-10-13-6-4-5-9-15(13)18(16)17;1-2-9-21(17,18)20-16-13-10-19-14-8-7-11-5-3-4-6-12(11)15(13)14;1-19(15,16)18-14-11-8-17-12-7-6-9-4-2-3-5-10(9)13(11)12/h2*2-11H,12H2,1H3;1-11H,12H2;3-8H,2,9-10H2,1H3;2-7H,8H2,1H3/b20-16+;20-17+;19-16+;16-13+;14-11+. The largest absolute Gasteiger partial charge is 0.486 e. The first-order valence-corrected chi connectivity index (χ1v) is 42.9. The lowest BCUT2D eigenvalue weighted by Gasteiger charge is -2.06. The van der Waals surface area contributed by atoms with Crippen LogP contribution in [0.15, 0.2) is 301 Å². The van der Waals surface area contributed by atoms with Gasteiger partial charge in [0.25, 0.3) is 0 Å². The van der Waals surface area contributed by atoms with Crippen molar-refractivity contribution in [1.82, 2.24) is 0 Å². The van der Waals surface area contributed by atoms with Crippen LogP contribution in [0.4, 0.5) is 0 Å². The summed E-state index contributed by atoms with van der Waals surface area (Å²) in [5, 5.41) is 29.1. The van der Waals surface area contributed by atoms with Crippen LogP contribution in [0.1, 0.15) is 52.3 Å². The highest BCUT2D eigenvalue weighted by molar-refractivity contribution is 7.87. The summed E-state index contributed by atoms with van der Waals surface area (Å²) in [6.45, 7) is 6.31. The summed E-state index contributed by atoms with van der Waals surface area (Å²) in [5.74, 6) is 3.36. The van der Waals surface area contributed by atoms with Crippen LogP contribution < -0.4 is 23.7 Å². The van der Waals surface area contributed by atoms with Gasteiger partial charge >= 0.3 is 50.6 Å². The fraction of sp³-hybridized carbons (Fsp3) is 0.131. The van der Waals surface area contributed by atoms with E-state index in [4.69, 9.17) is 40.8 Å². The molecule has 18 rings (SSSR count). The Labute approximate surface area is 657 Å². The van der Waals surface area contributed by atoms with Gasteiger partial charge < -0.3 is 23.7 Å². The number of nitrogens with zero attached hydrogens (tertiary/aromatic N) is 5. The van der Waals surface area contributed by atoms with Gasteiger partial charge in [-0.05, 0) is 140 Å². The number of aryl methyl sites for hydroxylation is 2. The van der Waals surface area contributed by atoms with E-state index in [-0.39, 0.29) is 53.5 Å². The first-order chi connectivity index (χ1) is 54.9. The molecule has 0 bridgehead atoms. The number of fused-ring (bicyclic) bond motifs is 15. The summed E-state index contributed by atoms with van der Waals surface area (Å²) in [6.07, 6.45) is 1.44. The van der Waals surface area contributed by atoms with Gasteiger partial charge in [-0.3, -0.25) is 21.4 Å². The number of oxime groups is 5. The minimum absolute atomic E-state index is 0.0486. The lowest BCUT2D eigenvalue weighted by atomic mass is 10.0. The molecule has 580 valence electrons. The predicted octanol–water partition coefficient (Wildman–Crippen LogP) is 15.2. The Hall–Kier alpha value is -12.7. The van der Waals surface area contributed by atoms with E-state index in [1.807, 2.05) is 189 Å². The predicted molar refractivity (Wildman–Crippen MR) is 435 cm³/mol. The highest BCUT2D eigenvalue weighted by Gasteiger charge is 2.30. The summed E-state index contributed by atoms with van der Waals surface area (Å²) in [4.78, 5) is 0.238. The molecule has 0 fully saturated rings. The maximum atomic E-state index is 12.4. The van der Waals surface area contributed by atoms with Crippen LogP contribution in [-0.2, 0) is 72.0 Å². The van der Waals surface area contributed by atoms with Crippen LogP contribution in [0.3, 0.4) is 0 Å². The second kappa shape index (κ2) is 33.3. The van der Waals surface area contributed by atoms with Gasteiger partial charge in [0.1, 0.15) is 105 Å². The Bertz CT molecular complexity index is 6680. The van der Waals surface area contributed by atoms with Crippen molar-refractivity contribution in [1.29, 1.82) is 0 Å². The molecule has 13 aromatic carbocycles. The lowest BCUT2D eigenvalue weighted by Crippen LogP contribution is -2.10. The summed E-state index contributed by atoms with van der Waals surface area (Å²) in [7, 11) is -19.1. The van der Waals surface area contributed by atoms with Crippen molar-refractivity contribution < 1.29 is 87.2 Å². The number of hydrogen-bond acceptors (Lipinski definition) is 25. The molecule has 0 aromatic heterocycles. The van der Waals surface area contributed by atoms with Gasteiger partial charge in [-0.15, -0.1) is 0 Å². The zero-order valence-corrected chi connectivity index (χ0v) is 65.3. The molecular weight excluding hydrogens is 1560 g/mol. The Morgan fingerprint density at radius 1 is 0.298 bits per heavy atom. The van der Waals surface area contributed by atoms with E-state index in [1.165, 1.54) is 30.3 Å². The van der Waals surface area contributed by atoms with Crippen LogP contribution >= 0.6 is 0 Å². The molecule has 0 N–H and O–H groups in total. The zero-order chi connectivity index (χ0) is 79.8. The monoisotopic (exact) mass is 1630 g/mol. The van der Waals surface area contributed by atoms with Crippen molar-refractivity contribution in [2.45, 2.75) is 41.9 Å². The van der Waals surface area contributed by atoms with E-state index < -0.39 is 50.6 Å². The first-order valence-electron chi connectivity index (χ1n) is 35.3. The molecule has 5 heterocycles. The Morgan fingerprint density at radius 3 is 0.904 bits per heavy atom. The molecule has 25 nitrogen and oxygen atoms in total. The molecule has 0 aliphatic carbocycles. The number of ether oxygens (including phenoxy) is 5. The molecule has 0 amide bonds. The van der Waals surface area contributed by atoms with Gasteiger partial charge in [0.2, 0.25) is 0 Å². The summed E-state index contributed by atoms with van der Waals surface area (Å²) in [5.41, 5.74) is 7.87. The van der Waals surface area contributed by atoms with Crippen molar-refractivity contribution in [2.24, 2.45) is 25.8 Å². The maximum Gasteiger partial charge on any atom is 0.358 e. The number of benzene rings is 13. The van der Waals surface area contributed by atoms with Crippen molar-refractivity contribution in [3.8, 4) is 28.7 Å². The van der Waals surface area contributed by atoms with Crippen molar-refractivity contribution in [3.63, 3.8) is 0 Å². The lowest BCUT2D eigenvalue weighted by molar-refractivity contribution is 0.331. The van der Waals surface area contributed by atoms with Crippen LogP contribution in [0.25, 0.3) is 53.9 Å². The van der Waals surface area contributed by atoms with Gasteiger partial charge in [0.05, 0.1) is 39.8 Å². The first kappa shape index (κ1) is 78.0. The molecule has 0 saturated carbocycles. The highest BCUT2D eigenvalue weighted by atomic mass is 32.2. The average molecular weight is 1630 g/mol. The van der Waals surface area contributed by atoms with E-state index in [0.717, 1.165) is 93.5 Å². The van der Waals surface area contributed by atoms with Gasteiger partial charge in [-0.2, -0.15) is 42.1 Å². The molecule has 5 aliphatic rings. The average Bonchev–Trinajstić information content (AvgIpc) is 1.63. The number of rotatable bonds is 15. The quantitative estimate of drug-likeness (QED) is 0.0861. The second-order valence-electron chi connectivity index (χ2n) is 26.0. The molecule has 13 aromatic rings. The summed E-state index contributed by atoms with van der Waals surface area (Å²) in [6, 6.07) is 79.0. The summed E-state index contributed by atoms with van der Waals surface area (Å²) >= 11 is 0. The zero-order valence-electron chi connectivity index (χ0n) is 61.2. The van der Waals surface area contributed by atoms with Crippen molar-refractivity contribution in [2.75, 3.05) is 45.0 Å². The van der Waals surface area contributed by atoms with Crippen LogP contribution in [-0.4, -0.2) is 116 Å². The third-order valence-electron chi connectivity index (χ3n) is 18.2. The van der Waals surface area contributed by atoms with Gasteiger partial charge in [0.15, 0.2) is 0 Å². The van der Waals surface area contributed by atoms with E-state index in [0.29, 0.717) is 69.3 Å². The second-order valence-corrected chi connectivity index (χ2v) is 33.8. The van der Waals surface area contributed by atoms with Crippen molar-refractivity contribution >= 4 is 133 Å². The van der Waals surface area contributed by atoms with E-state index in [9.17, 15) is 42.1 Å². The molecule has 0 atom stereocenters. The topological polar surface area (TPSA) is 325 Å². The van der Waals surface area contributed by atoms with Gasteiger partial charge in [-0.25, -0.2) is 0 Å². The fourth-order valence-electron chi connectivity index (χ4n) is 12.8. The normalized spacial score (nSPS) is 15.5. The minimum Gasteiger partial charge on any atom is -0.486 e. The Morgan fingerprint density at radius 2 is 0.579 bits per heavy atom. The Kier molecular flexibility index (Phi) is 22.8. The minimum atomic E-state index is -3.98. The van der Waals surface area contributed by atoms with Crippen LogP contribution in [0.5, 0.6) is 28.7 Å².